The number of pyridine rings is 1. The molecule has 1 unspecified atom stereocenters. The van der Waals surface area contributed by atoms with Crippen molar-refractivity contribution in [2.75, 3.05) is 6.54 Å². The minimum atomic E-state index is -4.93. The van der Waals surface area contributed by atoms with Crippen LogP contribution in [0, 0.1) is 28.5 Å². The van der Waals surface area contributed by atoms with E-state index in [0.717, 1.165) is 23.3 Å². The Balaban J connectivity index is 1.47. The number of carbonyl (C=O) groups is 2. The summed E-state index contributed by atoms with van der Waals surface area (Å²) in [6.45, 7) is 5.32. The number of rotatable bonds is 7. The van der Waals surface area contributed by atoms with Gasteiger partial charge >= 0.3 is 12.1 Å². The van der Waals surface area contributed by atoms with E-state index in [1.54, 1.807) is 6.92 Å². The van der Waals surface area contributed by atoms with Gasteiger partial charge in [-0.15, -0.1) is 0 Å². The molecule has 13 heteroatoms. The number of halogens is 5. The van der Waals surface area contributed by atoms with E-state index in [1.165, 1.54) is 4.90 Å². The van der Waals surface area contributed by atoms with Crippen molar-refractivity contribution in [3.8, 4) is 0 Å². The fourth-order valence-corrected chi connectivity index (χ4v) is 7.35. The van der Waals surface area contributed by atoms with Gasteiger partial charge in [-0.1, -0.05) is 25.4 Å². The minimum absolute atomic E-state index is 0.0673. The largest absolute Gasteiger partial charge is 0.481 e. The summed E-state index contributed by atoms with van der Waals surface area (Å²) in [6.07, 6.45) is -1.86. The predicted molar refractivity (Wildman–Crippen MR) is 139 cm³/mol. The molecule has 41 heavy (non-hydrogen) atoms. The molecule has 0 radical (unpaired) electrons. The molecule has 3 aliphatic rings. The van der Waals surface area contributed by atoms with E-state index in [4.69, 9.17) is 11.6 Å². The highest BCUT2D eigenvalue weighted by atomic mass is 35.5. The van der Waals surface area contributed by atoms with Gasteiger partial charge in [0.1, 0.15) is 11.9 Å². The molecule has 3 saturated carbocycles. The fraction of sp³-hybridized carbons (Fsp3) is 0.643. The Hall–Kier alpha value is -2.73. The second-order valence-corrected chi connectivity index (χ2v) is 13.0. The minimum Gasteiger partial charge on any atom is -0.481 e. The second kappa shape index (κ2) is 10.2. The maximum atomic E-state index is 14.5. The first-order valence-corrected chi connectivity index (χ1v) is 14.1. The van der Waals surface area contributed by atoms with Crippen LogP contribution in [0.2, 0.25) is 5.02 Å². The van der Waals surface area contributed by atoms with Gasteiger partial charge in [-0.3, -0.25) is 19.3 Å². The Kier molecular flexibility index (Phi) is 7.41. The summed E-state index contributed by atoms with van der Waals surface area (Å²) in [5.74, 6) is -2.26. The lowest BCUT2D eigenvalue weighted by atomic mass is 9.74. The van der Waals surface area contributed by atoms with Crippen LogP contribution in [0.4, 0.5) is 17.6 Å². The molecule has 3 fully saturated rings. The van der Waals surface area contributed by atoms with Crippen LogP contribution in [0.25, 0.3) is 0 Å². The lowest BCUT2D eigenvalue weighted by Gasteiger charge is -2.35. The number of aliphatic hydroxyl groups excluding tert-OH is 1. The molecule has 2 aromatic rings. The van der Waals surface area contributed by atoms with Crippen LogP contribution < -0.4 is 0 Å². The maximum Gasteiger partial charge on any atom is 0.433 e. The van der Waals surface area contributed by atoms with Crippen LogP contribution in [0.1, 0.15) is 93.1 Å². The summed E-state index contributed by atoms with van der Waals surface area (Å²) >= 11 is 6.08. The first kappa shape index (κ1) is 29.8. The van der Waals surface area contributed by atoms with E-state index in [-0.39, 0.29) is 53.5 Å². The zero-order valence-corrected chi connectivity index (χ0v) is 23.7. The predicted octanol–water partition coefficient (Wildman–Crippen LogP) is 5.91. The molecule has 0 aromatic carbocycles. The van der Waals surface area contributed by atoms with Crippen molar-refractivity contribution >= 4 is 23.5 Å². The SMILES string of the molecule is CC1(C)[C@@H]2C[C@@H](N(CC(O)c3c(F)cncc3Cl)C(=O)c3cnn([C@H]4CC[C@](C)(C(=O)O)CC4)c3C(F)(F)F)C[C@@H]21. The van der Waals surface area contributed by atoms with E-state index in [0.29, 0.717) is 12.8 Å². The lowest BCUT2D eigenvalue weighted by Crippen LogP contribution is -2.43. The Bertz CT molecular complexity index is 1320. The molecule has 2 N–H and O–H groups in total. The first-order valence-electron chi connectivity index (χ1n) is 13.7. The normalized spacial score (nSPS) is 29.6. The molecular formula is C28H33ClF4N4O4. The number of fused-ring (bicyclic) bond motifs is 1. The number of alkyl halides is 3. The topological polar surface area (TPSA) is 109 Å². The van der Waals surface area contributed by atoms with Crippen LogP contribution in [0.15, 0.2) is 18.6 Å². The van der Waals surface area contributed by atoms with Gasteiger partial charge in [0.2, 0.25) is 0 Å². The van der Waals surface area contributed by atoms with Crippen molar-refractivity contribution in [3.05, 3.63) is 46.3 Å². The van der Waals surface area contributed by atoms with Crippen LogP contribution >= 0.6 is 11.6 Å². The van der Waals surface area contributed by atoms with Crippen LogP contribution in [0.3, 0.4) is 0 Å². The van der Waals surface area contributed by atoms with Crippen molar-refractivity contribution in [2.45, 2.75) is 83.7 Å². The van der Waals surface area contributed by atoms with Crippen molar-refractivity contribution < 1.29 is 37.4 Å². The summed E-state index contributed by atoms with van der Waals surface area (Å²) in [5, 5.41) is 24.3. The third-order valence-corrected chi connectivity index (χ3v) is 10.2. The third-order valence-electron chi connectivity index (χ3n) is 9.85. The Morgan fingerprint density at radius 3 is 2.29 bits per heavy atom. The van der Waals surface area contributed by atoms with Gasteiger partial charge in [0.25, 0.3) is 5.91 Å². The van der Waals surface area contributed by atoms with Gasteiger partial charge in [-0.05, 0) is 62.7 Å². The highest BCUT2D eigenvalue weighted by Crippen LogP contribution is 2.67. The number of aliphatic carboxylic acids is 1. The zero-order chi connectivity index (χ0) is 30.1. The standard InChI is InChI=1S/C28H33ClF4N4O4/c1-26(2)17-8-15(9-18(17)26)36(13-21(38)22-19(29)11-34-12-20(22)30)24(39)16-10-35-37(23(16)28(31,32)33)14-4-6-27(3,7-5-14)25(40)41/h10-12,14-15,17-18,21,38H,4-9,13H2,1-3H3,(H,40,41)/t14-,15-,17-,18+,21?,27-. The van der Waals surface area contributed by atoms with Crippen molar-refractivity contribution in [1.82, 2.24) is 19.7 Å². The fourth-order valence-electron chi connectivity index (χ4n) is 7.08. The highest BCUT2D eigenvalue weighted by Gasteiger charge is 2.63. The molecule has 8 nitrogen and oxygen atoms in total. The van der Waals surface area contributed by atoms with Gasteiger partial charge in [-0.25, -0.2) is 4.39 Å². The smallest absolute Gasteiger partial charge is 0.433 e. The average molecular weight is 601 g/mol. The van der Waals surface area contributed by atoms with E-state index in [2.05, 4.69) is 23.9 Å². The number of carboxylic acids is 1. The highest BCUT2D eigenvalue weighted by molar-refractivity contribution is 6.31. The van der Waals surface area contributed by atoms with E-state index >= 15 is 0 Å². The van der Waals surface area contributed by atoms with Gasteiger partial charge in [0, 0.05) is 17.8 Å². The number of carbonyl (C=O) groups excluding carboxylic acids is 1. The maximum absolute atomic E-state index is 14.5. The number of amides is 1. The second-order valence-electron chi connectivity index (χ2n) is 12.6. The van der Waals surface area contributed by atoms with Gasteiger partial charge in [0.15, 0.2) is 5.69 Å². The van der Waals surface area contributed by atoms with Gasteiger partial charge in [-0.2, -0.15) is 18.3 Å². The zero-order valence-electron chi connectivity index (χ0n) is 23.0. The van der Waals surface area contributed by atoms with Gasteiger partial charge in [0.05, 0.1) is 41.0 Å². The van der Waals surface area contributed by atoms with E-state index in [9.17, 15) is 37.4 Å². The molecule has 1 amide bonds. The number of aliphatic hydroxyl groups is 1. The summed E-state index contributed by atoms with van der Waals surface area (Å²) in [6, 6.07) is -1.19. The van der Waals surface area contributed by atoms with Crippen LogP contribution in [0.5, 0.6) is 0 Å². The molecule has 0 aliphatic heterocycles. The van der Waals surface area contributed by atoms with Crippen molar-refractivity contribution in [2.24, 2.45) is 22.7 Å². The molecule has 0 saturated heterocycles. The molecule has 0 spiro atoms. The quantitative estimate of drug-likeness (QED) is 0.383. The number of hydrogen-bond donors (Lipinski definition) is 2. The third kappa shape index (κ3) is 5.22. The lowest BCUT2D eigenvalue weighted by molar-refractivity contribution is -0.152. The number of nitrogens with zero attached hydrogens (tertiary/aromatic N) is 4. The molecule has 4 atom stereocenters. The van der Waals surface area contributed by atoms with Crippen LogP contribution in [-0.2, 0) is 11.0 Å². The van der Waals surface area contributed by atoms with E-state index < -0.39 is 65.3 Å². The monoisotopic (exact) mass is 600 g/mol. The number of aromatic nitrogens is 3. The van der Waals surface area contributed by atoms with Crippen molar-refractivity contribution in [1.29, 1.82) is 0 Å². The Labute approximate surface area is 239 Å². The molecule has 0 bridgehead atoms. The molecule has 3 aliphatic carbocycles. The number of hydrogen-bond acceptors (Lipinski definition) is 5. The van der Waals surface area contributed by atoms with E-state index in [1.807, 2.05) is 0 Å². The average Bonchev–Trinajstić information content (AvgIpc) is 3.30. The molecule has 2 aromatic heterocycles. The molecule has 2 heterocycles. The summed E-state index contributed by atoms with van der Waals surface area (Å²) in [4.78, 5) is 30.4. The van der Waals surface area contributed by atoms with Crippen LogP contribution in [-0.4, -0.2) is 54.3 Å². The Morgan fingerprint density at radius 1 is 1.15 bits per heavy atom. The van der Waals surface area contributed by atoms with Crippen molar-refractivity contribution in [3.63, 3.8) is 0 Å². The molecular weight excluding hydrogens is 568 g/mol. The number of carboxylic acid groups (broad SMARTS) is 1. The van der Waals surface area contributed by atoms with Gasteiger partial charge < -0.3 is 15.1 Å². The first-order chi connectivity index (χ1) is 19.1. The summed E-state index contributed by atoms with van der Waals surface area (Å²) in [7, 11) is 0. The Morgan fingerprint density at radius 2 is 1.76 bits per heavy atom. The molecule has 224 valence electrons. The summed E-state index contributed by atoms with van der Waals surface area (Å²) in [5.41, 5.74) is -3.11. The summed E-state index contributed by atoms with van der Waals surface area (Å²) < 4.78 is 59.0. The molecule has 5 rings (SSSR count).